The molecule has 2 N–H and O–H groups in total. The van der Waals surface area contributed by atoms with Crippen LogP contribution >= 0.6 is 0 Å². The van der Waals surface area contributed by atoms with Crippen LogP contribution in [-0.4, -0.2) is 17.9 Å². The van der Waals surface area contributed by atoms with E-state index in [9.17, 15) is 18.0 Å². The normalized spacial score (nSPS) is 12.6. The number of nitrogens with zero attached hydrogens (tertiary/aromatic N) is 1. The van der Waals surface area contributed by atoms with Gasteiger partial charge in [0.05, 0.1) is 5.69 Å². The van der Waals surface area contributed by atoms with Crippen LogP contribution in [0.5, 0.6) is 0 Å². The third-order valence-corrected chi connectivity index (χ3v) is 4.21. The van der Waals surface area contributed by atoms with Crippen molar-refractivity contribution in [2.75, 3.05) is 12.4 Å². The molecule has 0 unspecified atom stereocenters. The first kappa shape index (κ1) is 19.8. The van der Waals surface area contributed by atoms with Crippen molar-refractivity contribution in [1.82, 2.24) is 10.3 Å². The molecule has 1 aromatic heterocycles. The molecule has 2 rings (SSSR count). The smallest absolute Gasteiger partial charge is 0.377 e. The summed E-state index contributed by atoms with van der Waals surface area (Å²) in [5, 5.41) is 5.48. The highest BCUT2D eigenvalue weighted by Crippen LogP contribution is 2.35. The first-order valence-electron chi connectivity index (χ1n) is 8.19. The molecule has 1 heterocycles. The highest BCUT2D eigenvalue weighted by molar-refractivity contribution is 5.96. The number of hydrogen-bond acceptors (Lipinski definition) is 3. The number of carbonyl (C=O) groups excluding carboxylic acids is 1. The van der Waals surface area contributed by atoms with Gasteiger partial charge >= 0.3 is 6.18 Å². The van der Waals surface area contributed by atoms with Crippen LogP contribution in [0.1, 0.15) is 51.4 Å². The lowest BCUT2D eigenvalue weighted by atomic mass is 9.94. The van der Waals surface area contributed by atoms with E-state index in [0.29, 0.717) is 11.3 Å². The molecule has 0 aliphatic carbocycles. The van der Waals surface area contributed by atoms with Gasteiger partial charge in [-0.3, -0.25) is 4.79 Å². The van der Waals surface area contributed by atoms with Crippen LogP contribution in [0, 0.1) is 20.8 Å². The van der Waals surface area contributed by atoms with E-state index in [-0.39, 0.29) is 11.6 Å². The largest absolute Gasteiger partial charge is 0.435 e. The van der Waals surface area contributed by atoms with E-state index in [0.717, 1.165) is 16.7 Å². The second-order valence-electron chi connectivity index (χ2n) is 6.32. The van der Waals surface area contributed by atoms with E-state index in [2.05, 4.69) is 15.6 Å². The first-order chi connectivity index (χ1) is 12.0. The molecule has 0 aliphatic rings. The summed E-state index contributed by atoms with van der Waals surface area (Å²) >= 11 is 0. The predicted molar refractivity (Wildman–Crippen MR) is 95.3 cm³/mol. The maximum Gasteiger partial charge on any atom is 0.435 e. The molecule has 140 valence electrons. The van der Waals surface area contributed by atoms with Crippen molar-refractivity contribution in [3.05, 3.63) is 57.9 Å². The van der Waals surface area contributed by atoms with Crippen LogP contribution in [0.25, 0.3) is 0 Å². The third kappa shape index (κ3) is 4.15. The SMILES string of the molecule is CNC(=O)c1cc(C)cc([C@@H](C)Nc2ccc(C)nc2C(F)(F)F)c1C. The van der Waals surface area contributed by atoms with E-state index in [1.54, 1.807) is 27.0 Å². The number of carbonyl (C=O) groups is 1. The Morgan fingerprint density at radius 1 is 1.15 bits per heavy atom. The van der Waals surface area contributed by atoms with Crippen molar-refractivity contribution < 1.29 is 18.0 Å². The van der Waals surface area contributed by atoms with E-state index in [4.69, 9.17) is 0 Å². The number of rotatable bonds is 4. The van der Waals surface area contributed by atoms with Gasteiger partial charge in [-0.25, -0.2) is 4.98 Å². The number of hydrogen-bond donors (Lipinski definition) is 2. The van der Waals surface area contributed by atoms with Crippen molar-refractivity contribution in [2.24, 2.45) is 0 Å². The summed E-state index contributed by atoms with van der Waals surface area (Å²) in [6.07, 6.45) is -4.55. The second-order valence-corrected chi connectivity index (χ2v) is 6.32. The molecule has 0 fully saturated rings. The molecule has 0 radical (unpaired) electrons. The van der Waals surface area contributed by atoms with Gasteiger partial charge in [-0.1, -0.05) is 6.07 Å². The Morgan fingerprint density at radius 3 is 2.38 bits per heavy atom. The molecule has 4 nitrogen and oxygen atoms in total. The monoisotopic (exact) mass is 365 g/mol. The summed E-state index contributed by atoms with van der Waals surface area (Å²) in [6.45, 7) is 6.91. The Hall–Kier alpha value is -2.57. The van der Waals surface area contributed by atoms with Crippen LogP contribution in [0.3, 0.4) is 0 Å². The average Bonchev–Trinajstić information content (AvgIpc) is 2.56. The summed E-state index contributed by atoms with van der Waals surface area (Å²) in [7, 11) is 1.54. The van der Waals surface area contributed by atoms with Gasteiger partial charge in [-0.15, -0.1) is 0 Å². The summed E-state index contributed by atoms with van der Waals surface area (Å²) in [5.41, 5.74) is 2.12. The minimum Gasteiger partial charge on any atom is -0.377 e. The van der Waals surface area contributed by atoms with Crippen LogP contribution in [0.4, 0.5) is 18.9 Å². The van der Waals surface area contributed by atoms with E-state index in [1.807, 2.05) is 13.0 Å². The van der Waals surface area contributed by atoms with Gasteiger partial charge in [0.25, 0.3) is 5.91 Å². The van der Waals surface area contributed by atoms with Crippen molar-refractivity contribution in [1.29, 1.82) is 0 Å². The van der Waals surface area contributed by atoms with E-state index in [1.165, 1.54) is 19.1 Å². The number of aryl methyl sites for hydroxylation is 2. The molecule has 0 aliphatic heterocycles. The van der Waals surface area contributed by atoms with Crippen molar-refractivity contribution in [3.63, 3.8) is 0 Å². The Morgan fingerprint density at radius 2 is 1.81 bits per heavy atom. The Labute approximate surface area is 150 Å². The number of pyridine rings is 1. The lowest BCUT2D eigenvalue weighted by Gasteiger charge is -2.22. The molecule has 7 heteroatoms. The number of halogens is 3. The molecule has 26 heavy (non-hydrogen) atoms. The lowest BCUT2D eigenvalue weighted by Crippen LogP contribution is -2.21. The van der Waals surface area contributed by atoms with Gasteiger partial charge in [-0.05, 0) is 62.6 Å². The Bertz CT molecular complexity index is 832. The van der Waals surface area contributed by atoms with Gasteiger partial charge in [-0.2, -0.15) is 13.2 Å². The number of benzene rings is 1. The van der Waals surface area contributed by atoms with Gasteiger partial charge in [0.1, 0.15) is 0 Å². The minimum absolute atomic E-state index is 0.0852. The van der Waals surface area contributed by atoms with E-state index >= 15 is 0 Å². The molecule has 0 saturated heterocycles. The highest BCUT2D eigenvalue weighted by Gasteiger charge is 2.36. The first-order valence-corrected chi connectivity index (χ1v) is 8.19. The fourth-order valence-electron chi connectivity index (χ4n) is 2.91. The molecule has 2 aromatic rings. The highest BCUT2D eigenvalue weighted by atomic mass is 19.4. The standard InChI is InChI=1S/C19H22F3N3O/c1-10-8-14(12(3)15(9-10)18(26)23-5)13(4)25-16-7-6-11(2)24-17(16)19(20,21)22/h6-9,13,25H,1-5H3,(H,23,26)/t13-/m1/s1. The van der Waals surface area contributed by atoms with Gasteiger partial charge in [0.2, 0.25) is 0 Å². The predicted octanol–water partition coefficient (Wildman–Crippen LogP) is 4.56. The number of nitrogens with one attached hydrogen (secondary N) is 2. The molecule has 0 bridgehead atoms. The fourth-order valence-corrected chi connectivity index (χ4v) is 2.91. The number of amides is 1. The van der Waals surface area contributed by atoms with Crippen molar-refractivity contribution >= 4 is 11.6 Å². The van der Waals surface area contributed by atoms with Gasteiger partial charge in [0.15, 0.2) is 5.69 Å². The molecular weight excluding hydrogens is 343 g/mol. The maximum absolute atomic E-state index is 13.3. The van der Waals surface area contributed by atoms with Crippen LogP contribution in [0.15, 0.2) is 24.3 Å². The van der Waals surface area contributed by atoms with Crippen LogP contribution < -0.4 is 10.6 Å². The zero-order valence-corrected chi connectivity index (χ0v) is 15.4. The summed E-state index contributed by atoms with van der Waals surface area (Å²) in [4.78, 5) is 15.7. The topological polar surface area (TPSA) is 54.0 Å². The maximum atomic E-state index is 13.3. The molecule has 1 amide bonds. The van der Waals surface area contributed by atoms with Gasteiger partial charge < -0.3 is 10.6 Å². The van der Waals surface area contributed by atoms with E-state index < -0.39 is 17.9 Å². The molecular formula is C19H22F3N3O. The minimum atomic E-state index is -4.55. The lowest BCUT2D eigenvalue weighted by molar-refractivity contribution is -0.140. The molecule has 0 saturated carbocycles. The number of alkyl halides is 3. The van der Waals surface area contributed by atoms with Gasteiger partial charge in [0, 0.05) is 24.3 Å². The quantitative estimate of drug-likeness (QED) is 0.835. The van der Waals surface area contributed by atoms with Crippen molar-refractivity contribution in [3.8, 4) is 0 Å². The number of aromatic nitrogens is 1. The van der Waals surface area contributed by atoms with Crippen LogP contribution in [-0.2, 0) is 6.18 Å². The Balaban J connectivity index is 2.45. The third-order valence-electron chi connectivity index (χ3n) is 4.21. The summed E-state index contributed by atoms with van der Waals surface area (Å²) < 4.78 is 39.9. The van der Waals surface area contributed by atoms with Crippen LogP contribution in [0.2, 0.25) is 0 Å². The average molecular weight is 365 g/mol. The second kappa shape index (κ2) is 7.35. The summed E-state index contributed by atoms with van der Waals surface area (Å²) in [6, 6.07) is 6.10. The number of anilines is 1. The molecule has 0 spiro atoms. The zero-order valence-electron chi connectivity index (χ0n) is 15.4. The Kier molecular flexibility index (Phi) is 5.59. The zero-order chi connectivity index (χ0) is 19.6. The fraction of sp³-hybridized carbons (Fsp3) is 0.368. The molecule has 1 atom stereocenters. The van der Waals surface area contributed by atoms with Crippen molar-refractivity contribution in [2.45, 2.75) is 39.9 Å². The molecule has 1 aromatic carbocycles. The summed E-state index contributed by atoms with van der Waals surface area (Å²) in [5.74, 6) is -0.229.